The number of allylic oxidation sites excluding steroid dienone is 3. The number of hydrogen-bond donors (Lipinski definition) is 0. The summed E-state index contributed by atoms with van der Waals surface area (Å²) in [6, 6.07) is 0. The van der Waals surface area contributed by atoms with Gasteiger partial charge in [0, 0.05) is 16.7 Å². The van der Waals surface area contributed by atoms with E-state index in [2.05, 4.69) is 41.5 Å². The number of carbonyl (C=O) groups excluding carboxylic acids is 3. The molecule has 0 aromatic rings. The standard InChI is InChI=1S/C42H75O10P/c1-10-16-22-37(23-17-11-2)34(7)40(43)47-28-31-50-53(46,51-32-29-48-41(44)35(8)38(24-18-12-3)25-19-13-4)52-33-30-49-42(45)36(9)39(26-20-14-5)27-21-15-6/h10-33H2,1-9H3. The lowest BCUT2D eigenvalue weighted by molar-refractivity contribution is -0.140. The molecule has 53 heavy (non-hydrogen) atoms. The Morgan fingerprint density at radius 3 is 0.774 bits per heavy atom. The summed E-state index contributed by atoms with van der Waals surface area (Å²) in [7, 11) is -4.23. The van der Waals surface area contributed by atoms with Crippen molar-refractivity contribution in [1.29, 1.82) is 0 Å². The van der Waals surface area contributed by atoms with Gasteiger partial charge in [0.05, 0.1) is 19.8 Å². The number of rotatable bonds is 33. The van der Waals surface area contributed by atoms with Crippen molar-refractivity contribution in [2.75, 3.05) is 39.6 Å². The number of phosphoric ester groups is 1. The first-order valence-electron chi connectivity index (χ1n) is 20.6. The average Bonchev–Trinajstić information content (AvgIpc) is 3.16. The van der Waals surface area contributed by atoms with Gasteiger partial charge in [0.25, 0.3) is 0 Å². The summed E-state index contributed by atoms with van der Waals surface area (Å²) >= 11 is 0. The van der Waals surface area contributed by atoms with Crippen molar-refractivity contribution in [3.63, 3.8) is 0 Å². The average molecular weight is 771 g/mol. The van der Waals surface area contributed by atoms with Crippen molar-refractivity contribution in [3.05, 3.63) is 33.4 Å². The number of ether oxygens (including phenoxy) is 3. The van der Waals surface area contributed by atoms with Gasteiger partial charge in [0.2, 0.25) is 0 Å². The molecule has 0 aliphatic heterocycles. The molecule has 10 nitrogen and oxygen atoms in total. The summed E-state index contributed by atoms with van der Waals surface area (Å²) in [6.07, 6.45) is 17.3. The lowest BCUT2D eigenvalue weighted by Crippen LogP contribution is -2.17. The fourth-order valence-corrected chi connectivity index (χ4v) is 6.68. The van der Waals surface area contributed by atoms with Crippen molar-refractivity contribution < 1.29 is 46.7 Å². The summed E-state index contributed by atoms with van der Waals surface area (Å²) in [6.45, 7) is 16.8. The zero-order valence-electron chi connectivity index (χ0n) is 35.0. The summed E-state index contributed by atoms with van der Waals surface area (Å²) in [4.78, 5) is 38.6. The van der Waals surface area contributed by atoms with Gasteiger partial charge >= 0.3 is 25.7 Å². The highest BCUT2D eigenvalue weighted by Crippen LogP contribution is 2.49. The van der Waals surface area contributed by atoms with E-state index >= 15 is 0 Å². The monoisotopic (exact) mass is 771 g/mol. The second-order valence-electron chi connectivity index (χ2n) is 13.7. The van der Waals surface area contributed by atoms with E-state index in [0.29, 0.717) is 16.7 Å². The summed E-state index contributed by atoms with van der Waals surface area (Å²) in [5, 5.41) is 0. The molecule has 0 N–H and O–H groups in total. The van der Waals surface area contributed by atoms with Crippen molar-refractivity contribution >= 4 is 25.7 Å². The smallest absolute Gasteiger partial charge is 0.460 e. The molecule has 0 amide bonds. The highest BCUT2D eigenvalue weighted by molar-refractivity contribution is 7.48. The number of unbranched alkanes of at least 4 members (excludes halogenated alkanes) is 6. The Hall–Kier alpha value is -2.26. The van der Waals surface area contributed by atoms with Crippen LogP contribution in [-0.4, -0.2) is 57.5 Å². The lowest BCUT2D eigenvalue weighted by Gasteiger charge is -2.19. The fourth-order valence-electron chi connectivity index (χ4n) is 5.56. The van der Waals surface area contributed by atoms with Crippen LogP contribution >= 0.6 is 7.82 Å². The molecule has 0 heterocycles. The molecule has 0 aliphatic carbocycles. The first-order chi connectivity index (χ1) is 25.4. The topological polar surface area (TPSA) is 124 Å². The molecule has 0 aromatic heterocycles. The van der Waals surface area contributed by atoms with Crippen LogP contribution in [0.25, 0.3) is 0 Å². The van der Waals surface area contributed by atoms with Crippen LogP contribution in [0, 0.1) is 0 Å². The van der Waals surface area contributed by atoms with E-state index in [-0.39, 0.29) is 39.6 Å². The number of hydrogen-bond acceptors (Lipinski definition) is 10. The third-order valence-electron chi connectivity index (χ3n) is 9.20. The number of carbonyl (C=O) groups is 3. The maximum absolute atomic E-state index is 13.7. The Bertz CT molecular complexity index is 1010. The minimum absolute atomic E-state index is 0.170. The molecule has 0 saturated carbocycles. The van der Waals surface area contributed by atoms with Crippen LogP contribution < -0.4 is 0 Å². The Kier molecular flexibility index (Phi) is 30.7. The largest absolute Gasteiger partial charge is 0.475 e. The van der Waals surface area contributed by atoms with E-state index in [4.69, 9.17) is 27.8 Å². The predicted molar refractivity (Wildman–Crippen MR) is 214 cm³/mol. The minimum atomic E-state index is -4.23. The maximum atomic E-state index is 13.7. The molecular formula is C42H75O10P. The van der Waals surface area contributed by atoms with Gasteiger partial charge in [-0.25, -0.2) is 18.9 Å². The molecule has 308 valence electrons. The van der Waals surface area contributed by atoms with Gasteiger partial charge in [-0.1, -0.05) is 96.8 Å². The Morgan fingerprint density at radius 2 is 0.585 bits per heavy atom. The van der Waals surface area contributed by atoms with Crippen LogP contribution in [0.2, 0.25) is 0 Å². The first-order valence-corrected chi connectivity index (χ1v) is 22.0. The second-order valence-corrected chi connectivity index (χ2v) is 15.3. The van der Waals surface area contributed by atoms with Crippen LogP contribution in [0.5, 0.6) is 0 Å². The highest BCUT2D eigenvalue weighted by atomic mass is 31.2. The van der Waals surface area contributed by atoms with Crippen molar-refractivity contribution in [3.8, 4) is 0 Å². The molecular weight excluding hydrogens is 695 g/mol. The number of phosphoric acid groups is 1. The molecule has 0 saturated heterocycles. The fraction of sp³-hybridized carbons (Fsp3) is 0.786. The summed E-state index contributed by atoms with van der Waals surface area (Å²) in [5.74, 6) is -1.31. The van der Waals surface area contributed by atoms with Crippen molar-refractivity contribution in [2.45, 2.75) is 178 Å². The van der Waals surface area contributed by atoms with E-state index in [0.717, 1.165) is 132 Å². The van der Waals surface area contributed by atoms with E-state index in [1.54, 1.807) is 20.8 Å². The Balaban J connectivity index is 5.58. The highest BCUT2D eigenvalue weighted by Gasteiger charge is 2.28. The molecule has 0 spiro atoms. The zero-order chi connectivity index (χ0) is 39.9. The van der Waals surface area contributed by atoms with Crippen LogP contribution in [-0.2, 0) is 46.7 Å². The van der Waals surface area contributed by atoms with E-state index in [1.165, 1.54) is 0 Å². The van der Waals surface area contributed by atoms with Crippen LogP contribution in [0.4, 0.5) is 0 Å². The second kappa shape index (κ2) is 32.0. The molecule has 0 radical (unpaired) electrons. The SMILES string of the molecule is CCCCC(CCCC)=C(C)C(=O)OCCOP(=O)(OCCOC(=O)C(C)=C(CCCC)CCCC)OCCOC(=O)C(C)=C(CCCC)CCCC. The molecule has 0 aromatic carbocycles. The molecule has 0 fully saturated rings. The van der Waals surface area contributed by atoms with Gasteiger partial charge in [-0.2, -0.15) is 0 Å². The maximum Gasteiger partial charge on any atom is 0.475 e. The summed E-state index contributed by atoms with van der Waals surface area (Å²) < 4.78 is 46.6. The van der Waals surface area contributed by atoms with Crippen LogP contribution in [0.15, 0.2) is 33.4 Å². The molecule has 0 atom stereocenters. The molecule has 0 bridgehead atoms. The van der Waals surface area contributed by atoms with Gasteiger partial charge in [-0.05, 0) is 97.8 Å². The first kappa shape index (κ1) is 50.7. The van der Waals surface area contributed by atoms with Crippen LogP contribution in [0.1, 0.15) is 178 Å². The Morgan fingerprint density at radius 1 is 0.377 bits per heavy atom. The van der Waals surface area contributed by atoms with E-state index in [9.17, 15) is 18.9 Å². The van der Waals surface area contributed by atoms with E-state index < -0.39 is 25.7 Å². The molecule has 0 unspecified atom stereocenters. The van der Waals surface area contributed by atoms with E-state index in [1.807, 2.05) is 0 Å². The molecule has 11 heteroatoms. The zero-order valence-corrected chi connectivity index (χ0v) is 35.9. The lowest BCUT2D eigenvalue weighted by atomic mass is 9.98. The Labute approximate surface area is 322 Å². The van der Waals surface area contributed by atoms with Crippen LogP contribution in [0.3, 0.4) is 0 Å². The van der Waals surface area contributed by atoms with Crippen molar-refractivity contribution in [1.82, 2.24) is 0 Å². The minimum Gasteiger partial charge on any atom is -0.460 e. The predicted octanol–water partition coefficient (Wildman–Crippen LogP) is 11.9. The third kappa shape index (κ3) is 23.3. The third-order valence-corrected chi connectivity index (χ3v) is 10.7. The normalized spacial score (nSPS) is 11.2. The molecule has 0 aliphatic rings. The van der Waals surface area contributed by atoms with Gasteiger partial charge in [-0.3, -0.25) is 13.6 Å². The van der Waals surface area contributed by atoms with Crippen molar-refractivity contribution in [2.24, 2.45) is 0 Å². The quantitative estimate of drug-likeness (QED) is 0.0209. The van der Waals surface area contributed by atoms with Gasteiger partial charge in [0.15, 0.2) is 0 Å². The van der Waals surface area contributed by atoms with Gasteiger partial charge in [0.1, 0.15) is 19.8 Å². The van der Waals surface area contributed by atoms with Gasteiger partial charge in [-0.15, -0.1) is 0 Å². The number of esters is 3. The summed E-state index contributed by atoms with van der Waals surface area (Å²) in [5.41, 5.74) is 5.09. The molecule has 0 rings (SSSR count). The van der Waals surface area contributed by atoms with Gasteiger partial charge < -0.3 is 14.2 Å².